The molecule has 2 N–H and O–H groups in total. The van der Waals surface area contributed by atoms with Gasteiger partial charge >= 0.3 is 0 Å². The van der Waals surface area contributed by atoms with Crippen LogP contribution in [-0.4, -0.2) is 22.6 Å². The standard InChI is InChI=1S/C11H14O4/c1-3-6-15-9-5-4-8(7(2)12)10(13)11(9)14/h4-5,13-14H,3,6H2,1-2H3. The van der Waals surface area contributed by atoms with Gasteiger partial charge in [-0.05, 0) is 25.5 Å². The van der Waals surface area contributed by atoms with Crippen molar-refractivity contribution in [1.29, 1.82) is 0 Å². The van der Waals surface area contributed by atoms with E-state index < -0.39 is 5.75 Å². The summed E-state index contributed by atoms with van der Waals surface area (Å²) in [6.07, 6.45) is 0.800. The topological polar surface area (TPSA) is 66.8 Å². The Labute approximate surface area is 88.1 Å². The molecule has 0 amide bonds. The van der Waals surface area contributed by atoms with Gasteiger partial charge in [-0.3, -0.25) is 4.79 Å². The summed E-state index contributed by atoms with van der Waals surface area (Å²) in [6.45, 7) is 3.70. The third kappa shape index (κ3) is 2.40. The van der Waals surface area contributed by atoms with Gasteiger partial charge in [0, 0.05) is 0 Å². The Kier molecular flexibility index (Phi) is 3.55. The Morgan fingerprint density at radius 1 is 1.33 bits per heavy atom. The highest BCUT2D eigenvalue weighted by Crippen LogP contribution is 2.38. The molecule has 0 bridgehead atoms. The average molecular weight is 210 g/mol. The Morgan fingerprint density at radius 2 is 2.00 bits per heavy atom. The van der Waals surface area contributed by atoms with Crippen molar-refractivity contribution in [2.75, 3.05) is 6.61 Å². The summed E-state index contributed by atoms with van der Waals surface area (Å²) in [5.41, 5.74) is 0.0938. The van der Waals surface area contributed by atoms with Crippen molar-refractivity contribution in [1.82, 2.24) is 0 Å². The van der Waals surface area contributed by atoms with E-state index in [1.807, 2.05) is 6.92 Å². The van der Waals surface area contributed by atoms with Crippen LogP contribution in [0.5, 0.6) is 17.2 Å². The van der Waals surface area contributed by atoms with E-state index in [0.29, 0.717) is 6.61 Å². The minimum atomic E-state index is -0.420. The summed E-state index contributed by atoms with van der Waals surface area (Å²) in [5, 5.41) is 19.0. The second-order valence-electron chi connectivity index (χ2n) is 3.21. The van der Waals surface area contributed by atoms with Crippen LogP contribution in [0.2, 0.25) is 0 Å². The van der Waals surface area contributed by atoms with Crippen LogP contribution in [0.3, 0.4) is 0 Å². The molecule has 0 saturated carbocycles. The van der Waals surface area contributed by atoms with Gasteiger partial charge in [0.05, 0.1) is 12.2 Å². The van der Waals surface area contributed by atoms with E-state index in [1.165, 1.54) is 19.1 Å². The van der Waals surface area contributed by atoms with Gasteiger partial charge in [0.2, 0.25) is 5.75 Å². The minimum Gasteiger partial charge on any atom is -0.504 e. The number of Topliss-reactive ketones (excluding diaryl/α,β-unsaturated/α-hetero) is 1. The second-order valence-corrected chi connectivity index (χ2v) is 3.21. The van der Waals surface area contributed by atoms with Gasteiger partial charge in [0.15, 0.2) is 17.3 Å². The van der Waals surface area contributed by atoms with Gasteiger partial charge in [0.25, 0.3) is 0 Å². The predicted molar refractivity (Wildman–Crippen MR) is 55.6 cm³/mol. The van der Waals surface area contributed by atoms with Crippen LogP contribution >= 0.6 is 0 Å². The number of phenols is 2. The number of hydrogen-bond acceptors (Lipinski definition) is 4. The normalized spacial score (nSPS) is 10.0. The van der Waals surface area contributed by atoms with Crippen LogP contribution in [-0.2, 0) is 0 Å². The number of benzene rings is 1. The molecule has 0 fully saturated rings. The summed E-state index contributed by atoms with van der Waals surface area (Å²) in [6, 6.07) is 2.91. The maximum absolute atomic E-state index is 11.0. The number of ketones is 1. The molecule has 0 aromatic heterocycles. The zero-order chi connectivity index (χ0) is 11.4. The lowest BCUT2D eigenvalue weighted by Crippen LogP contribution is -1.98. The summed E-state index contributed by atoms with van der Waals surface area (Å²) in [7, 11) is 0. The fourth-order valence-corrected chi connectivity index (χ4v) is 1.17. The highest BCUT2D eigenvalue weighted by molar-refractivity contribution is 5.97. The summed E-state index contributed by atoms with van der Waals surface area (Å²) >= 11 is 0. The Balaban J connectivity index is 3.04. The average Bonchev–Trinajstić information content (AvgIpc) is 2.20. The number of aromatic hydroxyl groups is 2. The quantitative estimate of drug-likeness (QED) is 0.589. The van der Waals surface area contributed by atoms with E-state index in [9.17, 15) is 15.0 Å². The highest BCUT2D eigenvalue weighted by atomic mass is 16.5. The minimum absolute atomic E-state index is 0.0938. The Bertz CT molecular complexity index is 371. The van der Waals surface area contributed by atoms with E-state index in [4.69, 9.17) is 4.74 Å². The lowest BCUT2D eigenvalue weighted by molar-refractivity contribution is 0.101. The third-order valence-electron chi connectivity index (χ3n) is 1.96. The molecule has 0 aliphatic rings. The zero-order valence-electron chi connectivity index (χ0n) is 8.78. The first kappa shape index (κ1) is 11.4. The predicted octanol–water partition coefficient (Wildman–Crippen LogP) is 2.09. The molecule has 1 aromatic carbocycles. The van der Waals surface area contributed by atoms with Crippen molar-refractivity contribution in [3.63, 3.8) is 0 Å². The third-order valence-corrected chi connectivity index (χ3v) is 1.96. The second kappa shape index (κ2) is 4.68. The van der Waals surface area contributed by atoms with Gasteiger partial charge in [0.1, 0.15) is 0 Å². The number of carbonyl (C=O) groups excluding carboxylic acids is 1. The van der Waals surface area contributed by atoms with Crippen molar-refractivity contribution >= 4 is 5.78 Å². The van der Waals surface area contributed by atoms with Crippen LogP contribution in [0, 0.1) is 0 Å². The van der Waals surface area contributed by atoms with Crippen molar-refractivity contribution in [2.45, 2.75) is 20.3 Å². The lowest BCUT2D eigenvalue weighted by Gasteiger charge is -2.09. The molecular weight excluding hydrogens is 196 g/mol. The molecule has 0 radical (unpaired) electrons. The van der Waals surface area contributed by atoms with E-state index in [2.05, 4.69) is 0 Å². The van der Waals surface area contributed by atoms with Crippen LogP contribution in [0.15, 0.2) is 12.1 Å². The van der Waals surface area contributed by atoms with Gasteiger partial charge < -0.3 is 14.9 Å². The Morgan fingerprint density at radius 3 is 2.53 bits per heavy atom. The number of carbonyl (C=O) groups is 1. The van der Waals surface area contributed by atoms with Gasteiger partial charge in [-0.1, -0.05) is 6.92 Å². The molecule has 1 rings (SSSR count). The van der Waals surface area contributed by atoms with E-state index in [-0.39, 0.29) is 22.8 Å². The van der Waals surface area contributed by atoms with Crippen LogP contribution < -0.4 is 4.74 Å². The number of rotatable bonds is 4. The smallest absolute Gasteiger partial charge is 0.201 e. The van der Waals surface area contributed by atoms with Crippen molar-refractivity contribution in [3.8, 4) is 17.2 Å². The molecule has 0 spiro atoms. The molecule has 0 heterocycles. The van der Waals surface area contributed by atoms with Crippen LogP contribution in [0.1, 0.15) is 30.6 Å². The van der Waals surface area contributed by atoms with Gasteiger partial charge in [-0.25, -0.2) is 0 Å². The number of hydrogen-bond donors (Lipinski definition) is 2. The fourth-order valence-electron chi connectivity index (χ4n) is 1.17. The Hall–Kier alpha value is -1.71. The van der Waals surface area contributed by atoms with E-state index >= 15 is 0 Å². The zero-order valence-corrected chi connectivity index (χ0v) is 8.78. The van der Waals surface area contributed by atoms with E-state index in [0.717, 1.165) is 6.42 Å². The summed E-state index contributed by atoms with van der Waals surface area (Å²) in [4.78, 5) is 11.0. The molecule has 0 aliphatic carbocycles. The van der Waals surface area contributed by atoms with Crippen molar-refractivity contribution in [2.24, 2.45) is 0 Å². The molecule has 0 atom stereocenters. The molecule has 4 nitrogen and oxygen atoms in total. The fraction of sp³-hybridized carbons (Fsp3) is 0.364. The first-order chi connectivity index (χ1) is 7.07. The monoisotopic (exact) mass is 210 g/mol. The van der Waals surface area contributed by atoms with Crippen molar-refractivity contribution < 1.29 is 19.7 Å². The van der Waals surface area contributed by atoms with Crippen LogP contribution in [0.25, 0.3) is 0 Å². The molecule has 0 saturated heterocycles. The van der Waals surface area contributed by atoms with Gasteiger partial charge in [-0.2, -0.15) is 0 Å². The van der Waals surface area contributed by atoms with Crippen molar-refractivity contribution in [3.05, 3.63) is 17.7 Å². The number of phenolic OH excluding ortho intramolecular Hbond substituents is 2. The molecular formula is C11H14O4. The first-order valence-electron chi connectivity index (χ1n) is 4.76. The SMILES string of the molecule is CCCOc1ccc(C(C)=O)c(O)c1O. The van der Waals surface area contributed by atoms with E-state index in [1.54, 1.807) is 0 Å². The summed E-state index contributed by atoms with van der Waals surface area (Å²) in [5.74, 6) is -0.906. The molecule has 15 heavy (non-hydrogen) atoms. The molecule has 1 aromatic rings. The largest absolute Gasteiger partial charge is 0.504 e. The maximum atomic E-state index is 11.0. The molecule has 82 valence electrons. The lowest BCUT2D eigenvalue weighted by atomic mass is 10.1. The van der Waals surface area contributed by atoms with Crippen LogP contribution in [0.4, 0.5) is 0 Å². The van der Waals surface area contributed by atoms with Gasteiger partial charge in [-0.15, -0.1) is 0 Å². The first-order valence-corrected chi connectivity index (χ1v) is 4.76. The molecule has 0 unspecified atom stereocenters. The maximum Gasteiger partial charge on any atom is 0.201 e. The molecule has 0 aliphatic heterocycles. The number of ether oxygens (including phenoxy) is 1. The summed E-state index contributed by atoms with van der Waals surface area (Å²) < 4.78 is 5.18. The highest BCUT2D eigenvalue weighted by Gasteiger charge is 2.15. The molecule has 4 heteroatoms.